The quantitative estimate of drug-likeness (QED) is 0.590. The van der Waals surface area contributed by atoms with Gasteiger partial charge in [0.25, 0.3) is 0 Å². The van der Waals surface area contributed by atoms with Gasteiger partial charge < -0.3 is 10.6 Å². The number of aromatic nitrogens is 1. The summed E-state index contributed by atoms with van der Waals surface area (Å²) in [5, 5.41) is 5.33. The van der Waals surface area contributed by atoms with E-state index in [1.54, 1.807) is 43.1 Å². The number of pyridine rings is 1. The van der Waals surface area contributed by atoms with Gasteiger partial charge in [0.1, 0.15) is 5.82 Å². The molecule has 1 aromatic heterocycles. The number of nitrogens with zero attached hydrogens (tertiary/aromatic N) is 2. The molecule has 2 amide bonds. The number of nitrogens with one attached hydrogen (secondary N) is 3. The van der Waals surface area contributed by atoms with Gasteiger partial charge in [-0.2, -0.15) is 0 Å². The minimum absolute atomic E-state index is 0.00365. The second-order valence-corrected chi connectivity index (χ2v) is 8.48. The Morgan fingerprint density at radius 3 is 2.31 bits per heavy atom. The first kappa shape index (κ1) is 22.5. The largest absolute Gasteiger partial charge is 0.325 e. The lowest BCUT2D eigenvalue weighted by Gasteiger charge is -2.16. The van der Waals surface area contributed by atoms with E-state index in [0.717, 1.165) is 5.69 Å². The number of benzene rings is 1. The molecular weight excluding hydrogens is 394 g/mol. The Morgan fingerprint density at radius 1 is 1.03 bits per heavy atom. The summed E-state index contributed by atoms with van der Waals surface area (Å²) in [6.07, 6.45) is 0. The molecule has 0 atom stereocenters. The van der Waals surface area contributed by atoms with Gasteiger partial charge in [-0.25, -0.2) is 18.1 Å². The fourth-order valence-corrected chi connectivity index (χ4v) is 3.61. The highest BCUT2D eigenvalue weighted by Gasteiger charge is 2.16. The monoisotopic (exact) mass is 419 g/mol. The van der Waals surface area contributed by atoms with Crippen LogP contribution in [0.1, 0.15) is 11.3 Å². The van der Waals surface area contributed by atoms with Crippen molar-refractivity contribution in [2.75, 3.05) is 37.8 Å². The molecule has 9 nitrogen and oxygen atoms in total. The Labute approximate surface area is 170 Å². The molecule has 0 radical (unpaired) electrons. The highest BCUT2D eigenvalue weighted by molar-refractivity contribution is 7.89. The van der Waals surface area contributed by atoms with Gasteiger partial charge in [-0.1, -0.05) is 12.1 Å². The van der Waals surface area contributed by atoms with E-state index in [1.165, 1.54) is 13.1 Å². The van der Waals surface area contributed by atoms with Crippen molar-refractivity contribution < 1.29 is 18.0 Å². The number of likely N-dealkylation sites (N-methyl/N-ethyl adjacent to an activating group) is 1. The molecule has 0 bridgehead atoms. The zero-order valence-corrected chi connectivity index (χ0v) is 17.6. The summed E-state index contributed by atoms with van der Waals surface area (Å²) in [6, 6.07) is 9.94. The number of anilines is 2. The number of amides is 2. The van der Waals surface area contributed by atoms with Crippen LogP contribution in [-0.4, -0.2) is 57.3 Å². The van der Waals surface area contributed by atoms with Crippen LogP contribution in [0.4, 0.5) is 11.5 Å². The van der Waals surface area contributed by atoms with Crippen LogP contribution in [0.15, 0.2) is 41.3 Å². The highest BCUT2D eigenvalue weighted by Crippen LogP contribution is 2.19. The van der Waals surface area contributed by atoms with E-state index in [9.17, 15) is 18.0 Å². The molecule has 0 aliphatic heterocycles. The average molecular weight is 420 g/mol. The summed E-state index contributed by atoms with van der Waals surface area (Å²) in [5.41, 5.74) is 1.71. The molecule has 0 unspecified atom stereocenters. The van der Waals surface area contributed by atoms with E-state index in [1.807, 2.05) is 13.0 Å². The van der Waals surface area contributed by atoms with Gasteiger partial charge in [0.05, 0.1) is 18.0 Å². The van der Waals surface area contributed by atoms with Crippen LogP contribution in [0, 0.1) is 13.8 Å². The molecule has 0 saturated heterocycles. The van der Waals surface area contributed by atoms with Crippen LogP contribution < -0.4 is 15.4 Å². The number of sulfonamides is 1. The van der Waals surface area contributed by atoms with Crippen molar-refractivity contribution >= 4 is 33.3 Å². The molecule has 29 heavy (non-hydrogen) atoms. The van der Waals surface area contributed by atoms with Crippen molar-refractivity contribution in [1.29, 1.82) is 0 Å². The fourth-order valence-electron chi connectivity index (χ4n) is 2.62. The predicted molar refractivity (Wildman–Crippen MR) is 111 cm³/mol. The zero-order valence-electron chi connectivity index (χ0n) is 16.8. The Balaban J connectivity index is 1.93. The third-order valence-corrected chi connectivity index (χ3v) is 5.57. The number of hydrogen-bond acceptors (Lipinski definition) is 6. The number of carbonyl (C=O) groups is 2. The molecule has 0 fully saturated rings. The molecule has 2 rings (SSSR count). The number of aryl methyl sites for hydroxylation is 2. The standard InChI is InChI=1S/C19H25N5O4S/c1-13-8-9-15(10-16(13)29(27,28)20-3)22-18(25)11-24(4)12-19(26)23-17-7-5-6-14(2)21-17/h5-10,20H,11-12H2,1-4H3,(H,22,25)(H,21,23,26). The summed E-state index contributed by atoms with van der Waals surface area (Å²) in [4.78, 5) is 30.2. The lowest BCUT2D eigenvalue weighted by molar-refractivity contribution is -0.119. The molecule has 0 spiro atoms. The molecule has 156 valence electrons. The molecule has 0 aliphatic carbocycles. The van der Waals surface area contributed by atoms with Crippen LogP contribution >= 0.6 is 0 Å². The van der Waals surface area contributed by atoms with Gasteiger partial charge in [0.15, 0.2) is 0 Å². The smallest absolute Gasteiger partial charge is 0.240 e. The Morgan fingerprint density at radius 2 is 1.69 bits per heavy atom. The molecule has 1 aromatic carbocycles. The normalized spacial score (nSPS) is 11.3. The number of carbonyl (C=O) groups excluding carboxylic acids is 2. The van der Waals surface area contributed by atoms with E-state index in [2.05, 4.69) is 20.3 Å². The maximum absolute atomic E-state index is 12.3. The first-order valence-electron chi connectivity index (χ1n) is 8.87. The van der Waals surface area contributed by atoms with Crippen molar-refractivity contribution in [1.82, 2.24) is 14.6 Å². The molecule has 10 heteroatoms. The van der Waals surface area contributed by atoms with Crippen molar-refractivity contribution in [2.45, 2.75) is 18.7 Å². The van der Waals surface area contributed by atoms with Crippen LogP contribution in [0.3, 0.4) is 0 Å². The van der Waals surface area contributed by atoms with E-state index >= 15 is 0 Å². The number of hydrogen-bond donors (Lipinski definition) is 3. The van der Waals surface area contributed by atoms with Crippen LogP contribution in [0.2, 0.25) is 0 Å². The minimum atomic E-state index is -3.63. The average Bonchev–Trinajstić information content (AvgIpc) is 2.62. The summed E-state index contributed by atoms with van der Waals surface area (Å²) in [5.74, 6) is -0.215. The summed E-state index contributed by atoms with van der Waals surface area (Å²) < 4.78 is 26.4. The van der Waals surface area contributed by atoms with Gasteiger partial charge in [-0.3, -0.25) is 14.5 Å². The Kier molecular flexibility index (Phi) is 7.43. The number of rotatable bonds is 8. The van der Waals surface area contributed by atoms with Gasteiger partial charge >= 0.3 is 0 Å². The molecule has 0 saturated carbocycles. The summed E-state index contributed by atoms with van der Waals surface area (Å²) in [6.45, 7) is 3.45. The fraction of sp³-hybridized carbons (Fsp3) is 0.316. The van der Waals surface area contributed by atoms with Gasteiger partial charge in [0, 0.05) is 11.4 Å². The third-order valence-electron chi connectivity index (χ3n) is 4.01. The van der Waals surface area contributed by atoms with Gasteiger partial charge in [-0.15, -0.1) is 0 Å². The highest BCUT2D eigenvalue weighted by atomic mass is 32.2. The molecule has 2 aromatic rings. The molecular formula is C19H25N5O4S. The second-order valence-electron chi connectivity index (χ2n) is 6.62. The van der Waals surface area contributed by atoms with Crippen molar-refractivity contribution in [3.05, 3.63) is 47.7 Å². The summed E-state index contributed by atoms with van der Waals surface area (Å²) in [7, 11) is -0.670. The zero-order chi connectivity index (χ0) is 21.6. The van der Waals surface area contributed by atoms with E-state index in [-0.39, 0.29) is 29.8 Å². The van der Waals surface area contributed by atoms with Crippen LogP contribution in [0.25, 0.3) is 0 Å². The Bertz CT molecular complexity index is 1010. The Hall–Kier alpha value is -2.82. The SMILES string of the molecule is CNS(=O)(=O)c1cc(NC(=O)CN(C)CC(=O)Nc2cccc(C)n2)ccc1C. The first-order valence-corrected chi connectivity index (χ1v) is 10.3. The van der Waals surface area contributed by atoms with Crippen molar-refractivity contribution in [2.24, 2.45) is 0 Å². The van der Waals surface area contributed by atoms with Crippen molar-refractivity contribution in [3.8, 4) is 0 Å². The van der Waals surface area contributed by atoms with Crippen LogP contribution in [-0.2, 0) is 19.6 Å². The summed E-state index contributed by atoms with van der Waals surface area (Å²) >= 11 is 0. The van der Waals surface area contributed by atoms with Gasteiger partial charge in [0.2, 0.25) is 21.8 Å². The predicted octanol–water partition coefficient (Wildman–Crippen LogP) is 1.12. The van der Waals surface area contributed by atoms with E-state index in [0.29, 0.717) is 17.1 Å². The third kappa shape index (κ3) is 6.63. The second kappa shape index (κ2) is 9.59. The lowest BCUT2D eigenvalue weighted by atomic mass is 10.2. The maximum Gasteiger partial charge on any atom is 0.240 e. The van der Waals surface area contributed by atoms with E-state index < -0.39 is 10.0 Å². The molecule has 1 heterocycles. The first-order chi connectivity index (χ1) is 13.6. The van der Waals surface area contributed by atoms with E-state index in [4.69, 9.17) is 0 Å². The molecule has 0 aliphatic rings. The lowest BCUT2D eigenvalue weighted by Crippen LogP contribution is -2.36. The van der Waals surface area contributed by atoms with Crippen molar-refractivity contribution in [3.63, 3.8) is 0 Å². The van der Waals surface area contributed by atoms with Crippen LogP contribution in [0.5, 0.6) is 0 Å². The topological polar surface area (TPSA) is 121 Å². The maximum atomic E-state index is 12.3. The van der Waals surface area contributed by atoms with Gasteiger partial charge in [-0.05, 0) is 57.8 Å². The molecule has 3 N–H and O–H groups in total. The minimum Gasteiger partial charge on any atom is -0.325 e.